The van der Waals surface area contributed by atoms with Gasteiger partial charge in [0, 0.05) is 17.1 Å². The Kier molecular flexibility index (Phi) is 109. The maximum absolute atomic E-state index is 8.19. The van der Waals surface area contributed by atoms with E-state index in [9.17, 15) is 0 Å². The molecular formula is HLiMnOV. The van der Waals surface area contributed by atoms with E-state index in [0.717, 1.165) is 17.4 Å². The van der Waals surface area contributed by atoms with E-state index in [2.05, 4.69) is 0 Å². The number of hydrogen-bond acceptors (Lipinski definition) is 1. The Balaban J connectivity index is -0.00000000167. The molecule has 4 heteroatoms. The van der Waals surface area contributed by atoms with Gasteiger partial charge in [0.25, 0.3) is 0 Å². The summed E-state index contributed by atoms with van der Waals surface area (Å²) in [5.74, 6) is 0. The topological polar surface area (TPSA) is 17.1 Å². The monoisotopic (exact) mass is 130 g/mol. The van der Waals surface area contributed by atoms with Gasteiger partial charge >= 0.3 is 39.9 Å². The van der Waals surface area contributed by atoms with Crippen LogP contribution in [-0.4, -0.2) is 0 Å². The second-order valence-electron chi connectivity index (χ2n) is 0. The van der Waals surface area contributed by atoms with E-state index in [4.69, 9.17) is 3.67 Å². The summed E-state index contributed by atoms with van der Waals surface area (Å²) in [5, 5.41) is 0. The van der Waals surface area contributed by atoms with Crippen molar-refractivity contribution in [2.45, 2.75) is 0 Å². The van der Waals surface area contributed by atoms with Crippen molar-refractivity contribution >= 4 is 0 Å². The van der Waals surface area contributed by atoms with Crippen LogP contribution in [0.5, 0.6) is 0 Å². The van der Waals surface area contributed by atoms with Gasteiger partial charge in [-0.3, -0.25) is 0 Å². The van der Waals surface area contributed by atoms with Crippen molar-refractivity contribution in [2.75, 3.05) is 0 Å². The third kappa shape index (κ3) is 9.72. The minimum absolute atomic E-state index is 0. The summed E-state index contributed by atoms with van der Waals surface area (Å²) in [6.07, 6.45) is 0. The molecule has 1 radical (unpaired) electrons. The van der Waals surface area contributed by atoms with Crippen LogP contribution in [0.3, 0.4) is 0 Å². The van der Waals surface area contributed by atoms with Gasteiger partial charge < -0.3 is 1.43 Å². The fraction of sp³-hybridized carbons (Fsp3) is 0. The predicted molar refractivity (Wildman–Crippen MR) is 1.80 cm³/mol. The second kappa shape index (κ2) is 24.5. The summed E-state index contributed by atoms with van der Waals surface area (Å²) in [4.78, 5) is 0. The van der Waals surface area contributed by atoms with Crippen molar-refractivity contribution in [3.05, 3.63) is 0 Å². The van der Waals surface area contributed by atoms with Gasteiger partial charge in [-0.2, -0.15) is 0 Å². The average Bonchev–Trinajstić information content (AvgIpc) is 1.00. The van der Waals surface area contributed by atoms with Gasteiger partial charge in [0.05, 0.1) is 0 Å². The van der Waals surface area contributed by atoms with Crippen molar-refractivity contribution in [3.63, 3.8) is 0 Å². The zero-order chi connectivity index (χ0) is 2.00. The van der Waals surface area contributed by atoms with Crippen LogP contribution in [0, 0.1) is 0 Å². The number of rotatable bonds is 0. The SMILES string of the molecule is [H-].[Li+].[Mn].[O]=[V]. The van der Waals surface area contributed by atoms with E-state index in [1.165, 1.54) is 0 Å². The summed E-state index contributed by atoms with van der Waals surface area (Å²) < 4.78 is 8.19. The minimum atomic E-state index is 0. The molecule has 4 heavy (non-hydrogen) atoms. The Hall–Kier alpha value is 1.50. The van der Waals surface area contributed by atoms with E-state index in [-0.39, 0.29) is 37.4 Å². The number of hydrogen-bond donors (Lipinski definition) is 0. The molecule has 0 aromatic heterocycles. The second-order valence-corrected chi connectivity index (χ2v) is 0. The maximum atomic E-state index is 8.19. The van der Waals surface area contributed by atoms with Crippen molar-refractivity contribution < 1.29 is 58.4 Å². The summed E-state index contributed by atoms with van der Waals surface area (Å²) >= 11 is 1.06. The van der Waals surface area contributed by atoms with Crippen molar-refractivity contribution in [1.29, 1.82) is 0 Å². The van der Waals surface area contributed by atoms with Crippen LogP contribution < -0.4 is 18.9 Å². The molecule has 0 bridgehead atoms. The van der Waals surface area contributed by atoms with E-state index < -0.39 is 0 Å². The zero-order valence-electron chi connectivity index (χ0n) is 3.23. The summed E-state index contributed by atoms with van der Waals surface area (Å²) in [6.45, 7) is 0. The summed E-state index contributed by atoms with van der Waals surface area (Å²) in [6, 6.07) is 0. The summed E-state index contributed by atoms with van der Waals surface area (Å²) in [7, 11) is 0. The van der Waals surface area contributed by atoms with Crippen molar-refractivity contribution in [2.24, 2.45) is 0 Å². The molecule has 0 aromatic rings. The molecule has 0 aliphatic carbocycles. The quantitative estimate of drug-likeness (QED) is 0.319. The van der Waals surface area contributed by atoms with Crippen LogP contribution in [-0.2, 0) is 38.1 Å². The molecule has 0 atom stereocenters. The fourth-order valence-electron chi connectivity index (χ4n) is 0. The fourth-order valence-corrected chi connectivity index (χ4v) is 0. The van der Waals surface area contributed by atoms with Gasteiger partial charge in [-0.15, -0.1) is 0 Å². The molecule has 0 heterocycles. The van der Waals surface area contributed by atoms with E-state index >= 15 is 0 Å². The van der Waals surface area contributed by atoms with E-state index in [1.54, 1.807) is 0 Å². The van der Waals surface area contributed by atoms with Crippen LogP contribution in [0.4, 0.5) is 0 Å². The Bertz CT molecular complexity index is 11.6. The van der Waals surface area contributed by atoms with Crippen molar-refractivity contribution in [1.82, 2.24) is 0 Å². The van der Waals surface area contributed by atoms with Gasteiger partial charge in [-0.25, -0.2) is 0 Å². The normalized spacial score (nSPS) is 0.750. The van der Waals surface area contributed by atoms with Crippen molar-refractivity contribution in [3.8, 4) is 0 Å². The first-order valence-electron chi connectivity index (χ1n) is 0.183. The van der Waals surface area contributed by atoms with Gasteiger partial charge in [0.15, 0.2) is 0 Å². The molecule has 0 unspecified atom stereocenters. The Morgan fingerprint density at radius 1 is 1.50 bits per heavy atom. The van der Waals surface area contributed by atoms with Gasteiger partial charge in [-0.05, 0) is 0 Å². The molecule has 1 nitrogen and oxygen atoms in total. The molecule has 20 valence electrons. The van der Waals surface area contributed by atoms with E-state index in [1.807, 2.05) is 0 Å². The molecule has 0 spiro atoms. The molecule has 0 aliphatic rings. The third-order valence-corrected chi connectivity index (χ3v) is 0. The third-order valence-electron chi connectivity index (χ3n) is 0. The molecule has 0 aliphatic heterocycles. The average molecular weight is 130 g/mol. The Labute approximate surface area is 58.2 Å². The molecule has 0 rings (SSSR count). The summed E-state index contributed by atoms with van der Waals surface area (Å²) in [5.41, 5.74) is 0. The van der Waals surface area contributed by atoms with Crippen LogP contribution in [0.25, 0.3) is 0 Å². The molecule has 0 fully saturated rings. The van der Waals surface area contributed by atoms with Crippen LogP contribution >= 0.6 is 0 Å². The van der Waals surface area contributed by atoms with Crippen LogP contribution in [0.1, 0.15) is 1.43 Å². The first-order valence-corrected chi connectivity index (χ1v) is 0.753. The predicted octanol–water partition coefficient (Wildman–Crippen LogP) is -3.01. The molecular weight excluding hydrogens is 129 g/mol. The van der Waals surface area contributed by atoms with Gasteiger partial charge in [0.2, 0.25) is 0 Å². The van der Waals surface area contributed by atoms with Crippen LogP contribution in [0.2, 0.25) is 0 Å². The molecule has 0 saturated heterocycles. The molecule has 0 saturated carbocycles. The first-order chi connectivity index (χ1) is 1.00. The van der Waals surface area contributed by atoms with Gasteiger partial charge in [-0.1, -0.05) is 0 Å². The van der Waals surface area contributed by atoms with E-state index in [0.29, 0.717) is 0 Å². The zero-order valence-corrected chi connectivity index (χ0v) is 4.81. The molecule has 0 amide bonds. The first kappa shape index (κ1) is 17.8. The standard InChI is InChI=1S/Li.Mn.O.V.H/q+1;;;;-1. The van der Waals surface area contributed by atoms with Crippen LogP contribution in [0.15, 0.2) is 0 Å². The van der Waals surface area contributed by atoms with Gasteiger partial charge in [0.1, 0.15) is 0 Å². The Morgan fingerprint density at radius 3 is 1.50 bits per heavy atom. The molecule has 0 N–H and O–H groups in total. The molecule has 0 aromatic carbocycles. The Morgan fingerprint density at radius 2 is 1.50 bits per heavy atom.